The quantitative estimate of drug-likeness (QED) is 0.635. The maximum atomic E-state index is 4.19. The van der Waals surface area contributed by atoms with Crippen LogP contribution in [0.3, 0.4) is 0 Å². The van der Waals surface area contributed by atoms with E-state index in [0.717, 1.165) is 18.5 Å². The molecule has 0 saturated carbocycles. The van der Waals surface area contributed by atoms with Crippen LogP contribution in [0.2, 0.25) is 0 Å². The number of rotatable bonds is 4. The summed E-state index contributed by atoms with van der Waals surface area (Å²) in [7, 11) is 0. The van der Waals surface area contributed by atoms with Crippen molar-refractivity contribution in [1.82, 2.24) is 4.98 Å². The van der Waals surface area contributed by atoms with Crippen LogP contribution in [0.15, 0.2) is 42.6 Å². The van der Waals surface area contributed by atoms with Crippen molar-refractivity contribution in [3.05, 3.63) is 48.3 Å². The first-order chi connectivity index (χ1) is 6.29. The Bertz CT molecular complexity index is 285. The molecule has 0 radical (unpaired) electrons. The summed E-state index contributed by atoms with van der Waals surface area (Å²) in [6.45, 7) is 5.90. The van der Waals surface area contributed by atoms with Gasteiger partial charge in [0.05, 0.1) is 5.69 Å². The Morgan fingerprint density at radius 2 is 2.38 bits per heavy atom. The van der Waals surface area contributed by atoms with Crippen LogP contribution in [0.4, 0.5) is 0 Å². The zero-order valence-electron chi connectivity index (χ0n) is 8.03. The van der Waals surface area contributed by atoms with Crippen LogP contribution in [0.5, 0.6) is 0 Å². The fourth-order valence-corrected chi connectivity index (χ4v) is 1.01. The first-order valence-electron chi connectivity index (χ1n) is 4.51. The average molecular weight is 173 g/mol. The summed E-state index contributed by atoms with van der Waals surface area (Å²) in [6.07, 6.45) is 8.09. The van der Waals surface area contributed by atoms with Crippen molar-refractivity contribution in [3.63, 3.8) is 0 Å². The molecule has 0 unspecified atom stereocenters. The highest BCUT2D eigenvalue weighted by atomic mass is 14.6. The molecule has 0 aromatic carbocycles. The molecule has 0 N–H and O–H groups in total. The van der Waals surface area contributed by atoms with Crippen molar-refractivity contribution in [2.45, 2.75) is 19.8 Å². The second-order valence-corrected chi connectivity index (χ2v) is 3.15. The van der Waals surface area contributed by atoms with E-state index in [1.54, 1.807) is 6.20 Å². The van der Waals surface area contributed by atoms with Gasteiger partial charge in [0.15, 0.2) is 0 Å². The number of pyridine rings is 1. The van der Waals surface area contributed by atoms with E-state index in [2.05, 4.69) is 24.6 Å². The van der Waals surface area contributed by atoms with E-state index in [-0.39, 0.29) is 0 Å². The summed E-state index contributed by atoms with van der Waals surface area (Å²) < 4.78 is 0. The number of allylic oxidation sites excluding steroid dienone is 2. The van der Waals surface area contributed by atoms with Crippen molar-refractivity contribution >= 4 is 6.08 Å². The molecular weight excluding hydrogens is 158 g/mol. The van der Waals surface area contributed by atoms with Crippen LogP contribution < -0.4 is 0 Å². The molecule has 1 heteroatoms. The van der Waals surface area contributed by atoms with Gasteiger partial charge in [-0.1, -0.05) is 17.7 Å². The topological polar surface area (TPSA) is 12.9 Å². The van der Waals surface area contributed by atoms with E-state index >= 15 is 0 Å². The van der Waals surface area contributed by atoms with Gasteiger partial charge in [0, 0.05) is 6.20 Å². The van der Waals surface area contributed by atoms with Crippen LogP contribution in [0.1, 0.15) is 25.5 Å². The minimum atomic E-state index is 1.02. The molecule has 0 aliphatic rings. The lowest BCUT2D eigenvalue weighted by Gasteiger charge is -1.93. The molecule has 0 amide bonds. The van der Waals surface area contributed by atoms with Gasteiger partial charge in [0.2, 0.25) is 0 Å². The predicted octanol–water partition coefficient (Wildman–Crippen LogP) is 3.45. The third-order valence-corrected chi connectivity index (χ3v) is 1.71. The molecule has 1 nitrogen and oxygen atoms in total. The van der Waals surface area contributed by atoms with Crippen LogP contribution >= 0.6 is 0 Å². The first kappa shape index (κ1) is 9.72. The lowest BCUT2D eigenvalue weighted by atomic mass is 10.2. The predicted molar refractivity (Wildman–Crippen MR) is 57.3 cm³/mol. The monoisotopic (exact) mass is 173 g/mol. The molecule has 13 heavy (non-hydrogen) atoms. The van der Waals surface area contributed by atoms with Crippen LogP contribution in [0, 0.1) is 0 Å². The van der Waals surface area contributed by atoms with Gasteiger partial charge in [0.1, 0.15) is 0 Å². The molecule has 1 aromatic rings. The second-order valence-electron chi connectivity index (χ2n) is 3.15. The Kier molecular flexibility index (Phi) is 3.97. The highest BCUT2D eigenvalue weighted by Gasteiger charge is 1.85. The van der Waals surface area contributed by atoms with Gasteiger partial charge in [-0.25, -0.2) is 0 Å². The Balaban J connectivity index is 2.37. The summed E-state index contributed by atoms with van der Waals surface area (Å²) in [5.74, 6) is 0. The largest absolute Gasteiger partial charge is 0.257 e. The van der Waals surface area contributed by atoms with E-state index in [9.17, 15) is 0 Å². The zero-order chi connectivity index (χ0) is 9.52. The van der Waals surface area contributed by atoms with Crippen molar-refractivity contribution in [2.24, 2.45) is 0 Å². The molecule has 0 atom stereocenters. The average Bonchev–Trinajstić information content (AvgIpc) is 2.14. The molecule has 1 heterocycles. The lowest BCUT2D eigenvalue weighted by Crippen LogP contribution is -1.77. The molecule has 0 aliphatic carbocycles. The smallest absolute Gasteiger partial charge is 0.0626 e. The standard InChI is InChI=1S/C12H15N/c1-11(2)7-3-4-8-12-9-5-6-10-13-12/h4-6,8-10H,1,3,7H2,2H3/b8-4+. The molecule has 0 spiro atoms. The van der Waals surface area contributed by atoms with E-state index in [1.807, 2.05) is 24.3 Å². The van der Waals surface area contributed by atoms with E-state index in [4.69, 9.17) is 0 Å². The minimum absolute atomic E-state index is 1.02. The minimum Gasteiger partial charge on any atom is -0.257 e. The third-order valence-electron chi connectivity index (χ3n) is 1.71. The van der Waals surface area contributed by atoms with Crippen molar-refractivity contribution in [1.29, 1.82) is 0 Å². The fraction of sp³-hybridized carbons (Fsp3) is 0.250. The maximum Gasteiger partial charge on any atom is 0.0626 e. The zero-order valence-corrected chi connectivity index (χ0v) is 8.03. The Morgan fingerprint density at radius 3 is 3.00 bits per heavy atom. The van der Waals surface area contributed by atoms with Gasteiger partial charge >= 0.3 is 0 Å². The van der Waals surface area contributed by atoms with E-state index in [0.29, 0.717) is 0 Å². The number of aromatic nitrogens is 1. The second kappa shape index (κ2) is 5.31. The molecule has 0 fully saturated rings. The first-order valence-corrected chi connectivity index (χ1v) is 4.51. The number of nitrogens with zero attached hydrogens (tertiary/aromatic N) is 1. The van der Waals surface area contributed by atoms with E-state index in [1.165, 1.54) is 5.57 Å². The highest BCUT2D eigenvalue weighted by Crippen LogP contribution is 2.03. The molecule has 1 aromatic heterocycles. The number of hydrogen-bond acceptors (Lipinski definition) is 1. The summed E-state index contributed by atoms with van der Waals surface area (Å²) in [5.41, 5.74) is 2.25. The van der Waals surface area contributed by atoms with Gasteiger partial charge in [0.25, 0.3) is 0 Å². The Morgan fingerprint density at radius 1 is 1.54 bits per heavy atom. The molecule has 68 valence electrons. The Hall–Kier alpha value is -1.37. The van der Waals surface area contributed by atoms with Crippen LogP contribution in [-0.4, -0.2) is 4.98 Å². The SMILES string of the molecule is C=C(C)CC/C=C/c1ccccn1. The van der Waals surface area contributed by atoms with Crippen LogP contribution in [0.25, 0.3) is 6.08 Å². The molecule has 0 aliphatic heterocycles. The summed E-state index contributed by atoms with van der Waals surface area (Å²) in [6, 6.07) is 5.91. The summed E-state index contributed by atoms with van der Waals surface area (Å²) >= 11 is 0. The number of hydrogen-bond donors (Lipinski definition) is 0. The van der Waals surface area contributed by atoms with Crippen LogP contribution in [-0.2, 0) is 0 Å². The lowest BCUT2D eigenvalue weighted by molar-refractivity contribution is 0.987. The summed E-state index contributed by atoms with van der Waals surface area (Å²) in [4.78, 5) is 4.19. The van der Waals surface area contributed by atoms with Crippen molar-refractivity contribution in [2.75, 3.05) is 0 Å². The summed E-state index contributed by atoms with van der Waals surface area (Å²) in [5, 5.41) is 0. The molecular formula is C12H15N. The maximum absolute atomic E-state index is 4.19. The Labute approximate surface area is 79.8 Å². The normalized spacial score (nSPS) is 10.5. The van der Waals surface area contributed by atoms with Crippen molar-refractivity contribution < 1.29 is 0 Å². The molecule has 0 saturated heterocycles. The van der Waals surface area contributed by atoms with Gasteiger partial charge in [-0.2, -0.15) is 0 Å². The third kappa shape index (κ3) is 4.26. The highest BCUT2D eigenvalue weighted by molar-refractivity contribution is 5.43. The fourth-order valence-electron chi connectivity index (χ4n) is 1.01. The van der Waals surface area contributed by atoms with E-state index < -0.39 is 0 Å². The molecule has 1 rings (SSSR count). The van der Waals surface area contributed by atoms with Gasteiger partial charge in [-0.15, -0.1) is 6.58 Å². The van der Waals surface area contributed by atoms with Gasteiger partial charge < -0.3 is 0 Å². The molecule has 0 bridgehead atoms. The van der Waals surface area contributed by atoms with Gasteiger partial charge in [-0.05, 0) is 38.0 Å². The van der Waals surface area contributed by atoms with Gasteiger partial charge in [-0.3, -0.25) is 4.98 Å². The van der Waals surface area contributed by atoms with Crippen molar-refractivity contribution in [3.8, 4) is 0 Å².